The van der Waals surface area contributed by atoms with Gasteiger partial charge in [-0.05, 0) is 32.1 Å². The van der Waals surface area contributed by atoms with Crippen LogP contribution in [0, 0.1) is 22.7 Å². The van der Waals surface area contributed by atoms with E-state index in [2.05, 4.69) is 25.1 Å². The quantitative estimate of drug-likeness (QED) is 0.454. The lowest BCUT2D eigenvalue weighted by atomic mass is 10.0. The molecule has 0 radical (unpaired) electrons. The summed E-state index contributed by atoms with van der Waals surface area (Å²) < 4.78 is 0. The van der Waals surface area contributed by atoms with Crippen molar-refractivity contribution in [1.29, 1.82) is 10.5 Å². The van der Waals surface area contributed by atoms with Gasteiger partial charge in [0.25, 0.3) is 0 Å². The van der Waals surface area contributed by atoms with E-state index in [-0.39, 0.29) is 0 Å². The van der Waals surface area contributed by atoms with Gasteiger partial charge in [-0.3, -0.25) is 0 Å². The van der Waals surface area contributed by atoms with E-state index >= 15 is 0 Å². The van der Waals surface area contributed by atoms with Crippen molar-refractivity contribution in [3.8, 4) is 12.1 Å². The van der Waals surface area contributed by atoms with Crippen LogP contribution in [0.1, 0.15) is 51.9 Å². The molecule has 2 nitrogen and oxygen atoms in total. The molecule has 0 aromatic heterocycles. The molecule has 14 heavy (non-hydrogen) atoms. The predicted molar refractivity (Wildman–Crippen MR) is 57.3 cm³/mol. The normalized spacial score (nSPS) is 10.6. The molecule has 0 saturated carbocycles. The van der Waals surface area contributed by atoms with E-state index < -0.39 is 0 Å². The number of hydrogen-bond donors (Lipinski definition) is 0. The third kappa shape index (κ3) is 7.37. The van der Waals surface area contributed by atoms with Crippen LogP contribution in [0.25, 0.3) is 0 Å². The van der Waals surface area contributed by atoms with E-state index in [0.717, 1.165) is 32.1 Å². The van der Waals surface area contributed by atoms with Gasteiger partial charge < -0.3 is 0 Å². The molecule has 0 aromatic carbocycles. The van der Waals surface area contributed by atoms with Crippen LogP contribution in [-0.4, -0.2) is 0 Å². The Morgan fingerprint density at radius 2 is 1.86 bits per heavy atom. The monoisotopic (exact) mass is 190 g/mol. The maximum absolute atomic E-state index is 8.38. The van der Waals surface area contributed by atoms with Crippen LogP contribution in [-0.2, 0) is 0 Å². The lowest BCUT2D eigenvalue weighted by Gasteiger charge is -2.02. The first-order valence-electron chi connectivity index (χ1n) is 5.27. The number of rotatable bonds is 7. The van der Waals surface area contributed by atoms with Crippen LogP contribution in [0.2, 0.25) is 0 Å². The maximum Gasteiger partial charge on any atom is 0.0625 e. The van der Waals surface area contributed by atoms with Crippen molar-refractivity contribution in [3.63, 3.8) is 0 Å². The van der Waals surface area contributed by atoms with E-state index in [1.807, 2.05) is 0 Å². The third-order valence-corrected chi connectivity index (χ3v) is 2.18. The van der Waals surface area contributed by atoms with Crippen molar-refractivity contribution in [2.24, 2.45) is 0 Å². The number of nitriles is 2. The van der Waals surface area contributed by atoms with E-state index in [0.29, 0.717) is 12.8 Å². The second kappa shape index (κ2) is 9.81. The van der Waals surface area contributed by atoms with Gasteiger partial charge in [0, 0.05) is 12.8 Å². The van der Waals surface area contributed by atoms with Crippen molar-refractivity contribution in [1.82, 2.24) is 0 Å². The second-order valence-corrected chi connectivity index (χ2v) is 3.28. The molecule has 0 saturated heterocycles. The molecule has 0 unspecified atom stereocenters. The van der Waals surface area contributed by atoms with E-state index in [1.165, 1.54) is 5.57 Å². The van der Waals surface area contributed by atoms with Crippen molar-refractivity contribution >= 4 is 0 Å². The molecule has 0 N–H and O–H groups in total. The Hall–Kier alpha value is -1.28. The Bertz CT molecular complexity index is 240. The summed E-state index contributed by atoms with van der Waals surface area (Å²) in [5.74, 6) is 0. The highest BCUT2D eigenvalue weighted by atomic mass is 14.2. The summed E-state index contributed by atoms with van der Waals surface area (Å²) in [6.07, 6.45) is 8.57. The molecule has 0 aliphatic heterocycles. The predicted octanol–water partition coefficient (Wildman–Crippen LogP) is 3.71. The standard InChI is InChI=1S/C12H18N2/c1-2-12(9-5-7-11-14)8-4-3-6-10-13/h9H,2-8H2,1H3/b12-9+. The van der Waals surface area contributed by atoms with Gasteiger partial charge in [0.15, 0.2) is 0 Å². The van der Waals surface area contributed by atoms with Crippen molar-refractivity contribution in [3.05, 3.63) is 11.6 Å². The summed E-state index contributed by atoms with van der Waals surface area (Å²) in [5, 5.41) is 16.7. The zero-order valence-electron chi connectivity index (χ0n) is 8.92. The van der Waals surface area contributed by atoms with E-state index in [4.69, 9.17) is 10.5 Å². The van der Waals surface area contributed by atoms with Crippen LogP contribution in [0.5, 0.6) is 0 Å². The van der Waals surface area contributed by atoms with Crippen LogP contribution in [0.15, 0.2) is 11.6 Å². The first kappa shape index (κ1) is 12.7. The van der Waals surface area contributed by atoms with Gasteiger partial charge in [-0.1, -0.05) is 18.6 Å². The van der Waals surface area contributed by atoms with Crippen molar-refractivity contribution in [2.75, 3.05) is 0 Å². The zero-order chi connectivity index (χ0) is 10.6. The summed E-state index contributed by atoms with van der Waals surface area (Å²) in [4.78, 5) is 0. The van der Waals surface area contributed by atoms with Gasteiger partial charge in [0.1, 0.15) is 0 Å². The Labute approximate surface area is 86.8 Å². The fraction of sp³-hybridized carbons (Fsp3) is 0.667. The Kier molecular flexibility index (Phi) is 8.91. The minimum atomic E-state index is 0.613. The molecule has 0 aliphatic carbocycles. The van der Waals surface area contributed by atoms with Crippen LogP contribution in [0.3, 0.4) is 0 Å². The first-order valence-corrected chi connectivity index (χ1v) is 5.27. The molecule has 0 bridgehead atoms. The van der Waals surface area contributed by atoms with Crippen molar-refractivity contribution in [2.45, 2.75) is 51.9 Å². The summed E-state index contributed by atoms with van der Waals surface area (Å²) in [5.41, 5.74) is 1.43. The minimum absolute atomic E-state index is 0.613. The smallest absolute Gasteiger partial charge is 0.0625 e. The molecule has 76 valence electrons. The van der Waals surface area contributed by atoms with Crippen LogP contribution in [0.4, 0.5) is 0 Å². The minimum Gasteiger partial charge on any atom is -0.198 e. The molecule has 0 heterocycles. The second-order valence-electron chi connectivity index (χ2n) is 3.28. The van der Waals surface area contributed by atoms with Crippen LogP contribution < -0.4 is 0 Å². The molecule has 0 fully saturated rings. The van der Waals surface area contributed by atoms with Crippen LogP contribution >= 0.6 is 0 Å². The fourth-order valence-electron chi connectivity index (χ4n) is 1.32. The highest BCUT2D eigenvalue weighted by Gasteiger charge is 1.94. The SMILES string of the molecule is CC/C(=C\CCC#N)CCCCC#N. The molecule has 0 amide bonds. The van der Waals surface area contributed by atoms with Gasteiger partial charge in [-0.2, -0.15) is 10.5 Å². The van der Waals surface area contributed by atoms with E-state index in [1.54, 1.807) is 0 Å². The topological polar surface area (TPSA) is 47.6 Å². The summed E-state index contributed by atoms with van der Waals surface area (Å²) in [6.45, 7) is 2.14. The van der Waals surface area contributed by atoms with Gasteiger partial charge in [0.2, 0.25) is 0 Å². The van der Waals surface area contributed by atoms with Gasteiger partial charge in [-0.25, -0.2) is 0 Å². The highest BCUT2D eigenvalue weighted by Crippen LogP contribution is 2.13. The summed E-state index contributed by atoms with van der Waals surface area (Å²) in [7, 11) is 0. The average Bonchev–Trinajstić information content (AvgIpc) is 2.22. The zero-order valence-corrected chi connectivity index (χ0v) is 8.92. The highest BCUT2D eigenvalue weighted by molar-refractivity contribution is 5.02. The number of allylic oxidation sites excluding steroid dienone is 2. The Morgan fingerprint density at radius 1 is 1.14 bits per heavy atom. The number of nitrogens with zero attached hydrogens (tertiary/aromatic N) is 2. The lowest BCUT2D eigenvalue weighted by molar-refractivity contribution is 0.728. The van der Waals surface area contributed by atoms with Gasteiger partial charge >= 0.3 is 0 Å². The molecule has 2 heteroatoms. The van der Waals surface area contributed by atoms with Crippen molar-refractivity contribution < 1.29 is 0 Å². The fourth-order valence-corrected chi connectivity index (χ4v) is 1.32. The molecule has 0 atom stereocenters. The lowest BCUT2D eigenvalue weighted by Crippen LogP contribution is -1.83. The molecule has 0 spiro atoms. The summed E-state index contributed by atoms with van der Waals surface area (Å²) >= 11 is 0. The Balaban J connectivity index is 3.63. The van der Waals surface area contributed by atoms with E-state index in [9.17, 15) is 0 Å². The largest absolute Gasteiger partial charge is 0.198 e. The number of hydrogen-bond acceptors (Lipinski definition) is 2. The summed E-state index contributed by atoms with van der Waals surface area (Å²) in [6, 6.07) is 4.29. The Morgan fingerprint density at radius 3 is 2.43 bits per heavy atom. The molecule has 0 aromatic rings. The average molecular weight is 190 g/mol. The third-order valence-electron chi connectivity index (χ3n) is 2.18. The number of unbranched alkanes of at least 4 members (excludes halogenated alkanes) is 3. The maximum atomic E-state index is 8.38. The first-order chi connectivity index (χ1) is 6.85. The van der Waals surface area contributed by atoms with Gasteiger partial charge in [-0.15, -0.1) is 0 Å². The molecular formula is C12H18N2. The molecular weight excluding hydrogens is 172 g/mol. The van der Waals surface area contributed by atoms with Gasteiger partial charge in [0.05, 0.1) is 12.1 Å². The molecule has 0 aliphatic rings. The molecule has 0 rings (SSSR count).